The first kappa shape index (κ1) is 14.4. The van der Waals surface area contributed by atoms with Crippen molar-refractivity contribution in [3.8, 4) is 0 Å². The van der Waals surface area contributed by atoms with E-state index in [4.69, 9.17) is 8.85 Å². The Kier molecular flexibility index (Phi) is 6.54. The third kappa shape index (κ3) is 5.15. The Bertz CT molecular complexity index is 198. The fraction of sp³-hybridized carbons (Fsp3) is 0.889. The summed E-state index contributed by atoms with van der Waals surface area (Å²) in [5.74, 6) is 0. The van der Waals surface area contributed by atoms with Crippen molar-refractivity contribution in [2.24, 2.45) is 0 Å². The largest absolute Gasteiger partial charge is 0.398 e. The summed E-state index contributed by atoms with van der Waals surface area (Å²) < 4.78 is 10.7. The number of rotatable bonds is 6. The van der Waals surface area contributed by atoms with Gasteiger partial charge in [-0.25, -0.2) is 4.79 Å². The summed E-state index contributed by atoms with van der Waals surface area (Å²) >= 11 is 0. The van der Waals surface area contributed by atoms with Crippen LogP contribution in [0.3, 0.4) is 0 Å². The molecule has 0 unspecified atom stereocenters. The second-order valence-electron chi connectivity index (χ2n) is 3.62. The lowest BCUT2D eigenvalue weighted by Gasteiger charge is -2.24. The van der Waals surface area contributed by atoms with Crippen molar-refractivity contribution in [1.29, 1.82) is 0 Å². The first-order valence-electron chi connectivity index (χ1n) is 5.02. The van der Waals surface area contributed by atoms with Crippen molar-refractivity contribution < 1.29 is 13.6 Å². The number of urea groups is 1. The molecule has 0 radical (unpaired) electrons. The highest BCUT2D eigenvalue weighted by Crippen LogP contribution is 2.13. The van der Waals surface area contributed by atoms with Gasteiger partial charge in [0.1, 0.15) is 0 Å². The molecule has 0 aliphatic rings. The predicted octanol–water partition coefficient (Wildman–Crippen LogP) is 1.01. The number of nitrogens with zero attached hydrogens (tertiary/aromatic N) is 1. The molecule has 1 N–H and O–H groups in total. The third-order valence-corrected chi connectivity index (χ3v) is 5.54. The highest BCUT2D eigenvalue weighted by Gasteiger charge is 2.28. The normalized spacial score (nSPS) is 11.3. The zero-order chi connectivity index (χ0) is 11.9. The van der Waals surface area contributed by atoms with Crippen molar-refractivity contribution in [3.63, 3.8) is 0 Å². The van der Waals surface area contributed by atoms with Crippen LogP contribution in [0.25, 0.3) is 0 Å². The summed E-state index contributed by atoms with van der Waals surface area (Å²) in [5.41, 5.74) is 0. The lowest BCUT2D eigenvalue weighted by atomic mass is 10.4. The lowest BCUT2D eigenvalue weighted by molar-refractivity contribution is 0.209. The minimum atomic E-state index is -1.97. The van der Waals surface area contributed by atoms with E-state index in [1.807, 2.05) is 6.55 Å². The van der Waals surface area contributed by atoms with E-state index in [0.717, 1.165) is 19.0 Å². The van der Waals surface area contributed by atoms with Gasteiger partial charge in [0.2, 0.25) is 0 Å². The molecule has 2 amide bonds. The van der Waals surface area contributed by atoms with Crippen LogP contribution in [-0.4, -0.2) is 54.4 Å². The molecular formula is C9H22N2O3Si. The van der Waals surface area contributed by atoms with Crippen LogP contribution in [0.4, 0.5) is 4.79 Å². The van der Waals surface area contributed by atoms with Gasteiger partial charge in [0.25, 0.3) is 0 Å². The molecule has 0 fully saturated rings. The first-order valence-corrected chi connectivity index (χ1v) is 7.54. The van der Waals surface area contributed by atoms with Gasteiger partial charge in [-0.1, -0.05) is 0 Å². The van der Waals surface area contributed by atoms with Crippen LogP contribution in [0.5, 0.6) is 0 Å². The first-order chi connectivity index (χ1) is 6.99. The monoisotopic (exact) mass is 234 g/mol. The fourth-order valence-corrected chi connectivity index (χ4v) is 2.59. The smallest absolute Gasteiger partial charge is 0.334 e. The Hall–Kier alpha value is -0.593. The summed E-state index contributed by atoms with van der Waals surface area (Å²) in [5, 5.41) is 2.58. The highest BCUT2D eigenvalue weighted by molar-refractivity contribution is 6.65. The van der Waals surface area contributed by atoms with E-state index in [-0.39, 0.29) is 6.03 Å². The maximum atomic E-state index is 11.2. The molecule has 0 aromatic heterocycles. The SMILES string of the molecule is CNC(=O)N(C)CCC[Si](C)(OC)OC. The molecule has 0 aliphatic heterocycles. The summed E-state index contributed by atoms with van der Waals surface area (Å²) in [6.45, 7) is 2.74. The quantitative estimate of drug-likeness (QED) is 0.698. The average molecular weight is 234 g/mol. The van der Waals surface area contributed by atoms with Gasteiger partial charge < -0.3 is 19.1 Å². The van der Waals surface area contributed by atoms with E-state index in [1.54, 1.807) is 33.2 Å². The van der Waals surface area contributed by atoms with Gasteiger partial charge in [0.15, 0.2) is 0 Å². The topological polar surface area (TPSA) is 50.8 Å². The molecule has 0 spiro atoms. The number of carbonyl (C=O) groups excluding carboxylic acids is 1. The number of hydrogen-bond donors (Lipinski definition) is 1. The molecule has 0 saturated heterocycles. The molecule has 0 aromatic rings. The van der Waals surface area contributed by atoms with E-state index in [1.165, 1.54) is 0 Å². The van der Waals surface area contributed by atoms with Gasteiger partial charge in [-0.2, -0.15) is 0 Å². The molecular weight excluding hydrogens is 212 g/mol. The van der Waals surface area contributed by atoms with Crippen molar-refractivity contribution in [2.75, 3.05) is 34.9 Å². The maximum absolute atomic E-state index is 11.2. The Balaban J connectivity index is 3.83. The molecule has 0 heterocycles. The summed E-state index contributed by atoms with van der Waals surface area (Å²) in [6.07, 6.45) is 0.897. The minimum absolute atomic E-state index is 0.0618. The summed E-state index contributed by atoms with van der Waals surface area (Å²) in [4.78, 5) is 12.8. The van der Waals surface area contributed by atoms with E-state index < -0.39 is 8.56 Å². The molecule has 0 rings (SSSR count). The van der Waals surface area contributed by atoms with Crippen molar-refractivity contribution in [2.45, 2.75) is 19.0 Å². The van der Waals surface area contributed by atoms with Gasteiger partial charge >= 0.3 is 14.6 Å². The molecule has 0 atom stereocenters. The Labute approximate surface area is 93.0 Å². The van der Waals surface area contributed by atoms with Gasteiger partial charge in [-0.05, 0) is 19.0 Å². The minimum Gasteiger partial charge on any atom is -0.398 e. The van der Waals surface area contributed by atoms with Crippen LogP contribution in [0.2, 0.25) is 12.6 Å². The van der Waals surface area contributed by atoms with Crippen molar-refractivity contribution in [3.05, 3.63) is 0 Å². The Morgan fingerprint density at radius 1 is 1.40 bits per heavy atom. The second kappa shape index (κ2) is 6.81. The molecule has 0 bridgehead atoms. The summed E-state index contributed by atoms with van der Waals surface area (Å²) in [6, 6.07) is 0.828. The van der Waals surface area contributed by atoms with E-state index in [9.17, 15) is 4.79 Å². The predicted molar refractivity (Wildman–Crippen MR) is 62.1 cm³/mol. The molecule has 90 valence electrons. The number of hydrogen-bond acceptors (Lipinski definition) is 3. The van der Waals surface area contributed by atoms with Crippen LogP contribution in [0.1, 0.15) is 6.42 Å². The van der Waals surface area contributed by atoms with Gasteiger partial charge in [-0.3, -0.25) is 0 Å². The summed E-state index contributed by atoms with van der Waals surface area (Å²) in [7, 11) is 4.79. The lowest BCUT2D eigenvalue weighted by Crippen LogP contribution is -2.39. The van der Waals surface area contributed by atoms with E-state index in [0.29, 0.717) is 0 Å². The molecule has 6 heteroatoms. The second-order valence-corrected chi connectivity index (χ2v) is 7.21. The standard InChI is InChI=1S/C9H22N2O3Si/c1-10-9(12)11(2)7-6-8-15(5,13-3)14-4/h6-8H2,1-5H3,(H,10,12). The van der Waals surface area contributed by atoms with E-state index in [2.05, 4.69) is 5.32 Å². The molecule has 0 aromatic carbocycles. The number of carbonyl (C=O) groups is 1. The van der Waals surface area contributed by atoms with Crippen LogP contribution in [0.15, 0.2) is 0 Å². The van der Waals surface area contributed by atoms with Gasteiger partial charge in [-0.15, -0.1) is 0 Å². The molecule has 0 saturated carbocycles. The van der Waals surface area contributed by atoms with Crippen LogP contribution in [0, 0.1) is 0 Å². The Morgan fingerprint density at radius 3 is 2.33 bits per heavy atom. The zero-order valence-electron chi connectivity index (χ0n) is 10.3. The molecule has 5 nitrogen and oxygen atoms in total. The fourth-order valence-electron chi connectivity index (χ4n) is 1.22. The third-order valence-electron chi connectivity index (χ3n) is 2.55. The zero-order valence-corrected chi connectivity index (χ0v) is 11.3. The van der Waals surface area contributed by atoms with Crippen LogP contribution >= 0.6 is 0 Å². The average Bonchev–Trinajstić information content (AvgIpc) is 2.27. The van der Waals surface area contributed by atoms with Crippen LogP contribution in [-0.2, 0) is 8.85 Å². The molecule has 0 aliphatic carbocycles. The highest BCUT2D eigenvalue weighted by atomic mass is 28.4. The van der Waals surface area contributed by atoms with Gasteiger partial charge in [0, 0.05) is 34.9 Å². The van der Waals surface area contributed by atoms with Crippen molar-refractivity contribution in [1.82, 2.24) is 10.2 Å². The van der Waals surface area contributed by atoms with Gasteiger partial charge in [0.05, 0.1) is 0 Å². The molecule has 15 heavy (non-hydrogen) atoms. The number of amides is 2. The maximum Gasteiger partial charge on any atom is 0.334 e. The Morgan fingerprint density at radius 2 is 1.93 bits per heavy atom. The van der Waals surface area contributed by atoms with Crippen molar-refractivity contribution >= 4 is 14.6 Å². The van der Waals surface area contributed by atoms with E-state index >= 15 is 0 Å². The number of nitrogens with one attached hydrogen (secondary N) is 1. The van der Waals surface area contributed by atoms with Crippen LogP contribution < -0.4 is 5.32 Å².